The number of methoxy groups -OCH3 is 3. The molecule has 272 valence electrons. The summed E-state index contributed by atoms with van der Waals surface area (Å²) in [5.41, 5.74) is 3.31. The molecule has 2 amide bonds. The van der Waals surface area contributed by atoms with Gasteiger partial charge in [-0.1, -0.05) is 17.3 Å². The molecule has 4 atom stereocenters. The number of phenols is 1. The lowest BCUT2D eigenvalue weighted by Gasteiger charge is -2.37. The van der Waals surface area contributed by atoms with Gasteiger partial charge in [-0.3, -0.25) is 9.59 Å². The molecule has 13 nitrogen and oxygen atoms in total. The van der Waals surface area contributed by atoms with Gasteiger partial charge in [0, 0.05) is 24.6 Å². The van der Waals surface area contributed by atoms with Gasteiger partial charge in [0.2, 0.25) is 24.4 Å². The largest absolute Gasteiger partial charge is 0.508 e. The molecule has 4 unspecified atom stereocenters. The van der Waals surface area contributed by atoms with E-state index in [0.29, 0.717) is 47.4 Å². The maximum atomic E-state index is 14.4. The molecule has 0 radical (unpaired) electrons. The van der Waals surface area contributed by atoms with E-state index in [-0.39, 0.29) is 50.0 Å². The summed E-state index contributed by atoms with van der Waals surface area (Å²) in [5, 5.41) is 20.0. The topological polar surface area (TPSA) is 155 Å². The Kier molecular flexibility index (Phi) is 10.5. The third-order valence-corrected chi connectivity index (χ3v) is 9.61. The van der Waals surface area contributed by atoms with Crippen molar-refractivity contribution in [1.29, 1.82) is 0 Å². The van der Waals surface area contributed by atoms with Crippen LogP contribution in [0.4, 0.5) is 0 Å². The first-order valence-electron chi connectivity index (χ1n) is 16.9. The Balaban J connectivity index is 1.18. The third-order valence-electron chi connectivity index (χ3n) is 9.61. The van der Waals surface area contributed by atoms with E-state index in [2.05, 4.69) is 15.8 Å². The van der Waals surface area contributed by atoms with Crippen LogP contribution in [-0.4, -0.2) is 83.2 Å². The molecule has 0 saturated heterocycles. The summed E-state index contributed by atoms with van der Waals surface area (Å²) < 4.78 is 34.6. The van der Waals surface area contributed by atoms with Crippen molar-refractivity contribution in [2.75, 3.05) is 54.4 Å². The Labute approximate surface area is 297 Å². The number of oxime groups is 1. The van der Waals surface area contributed by atoms with Gasteiger partial charge in [0.25, 0.3) is 0 Å². The van der Waals surface area contributed by atoms with Crippen LogP contribution in [0.25, 0.3) is 0 Å². The first-order valence-corrected chi connectivity index (χ1v) is 16.9. The number of carbonyl (C=O) groups is 2. The van der Waals surface area contributed by atoms with Crippen molar-refractivity contribution in [2.45, 2.75) is 39.2 Å². The monoisotopic (exact) mass is 703 g/mol. The number of amides is 2. The fourth-order valence-corrected chi connectivity index (χ4v) is 6.78. The third kappa shape index (κ3) is 7.34. The van der Waals surface area contributed by atoms with Gasteiger partial charge >= 0.3 is 0 Å². The van der Waals surface area contributed by atoms with E-state index in [1.54, 1.807) is 33.5 Å². The van der Waals surface area contributed by atoms with Gasteiger partial charge < -0.3 is 49.0 Å². The van der Waals surface area contributed by atoms with Crippen LogP contribution in [0.15, 0.2) is 53.7 Å². The molecule has 2 aliphatic heterocycles. The number of benzene rings is 3. The summed E-state index contributed by atoms with van der Waals surface area (Å²) in [6, 6.07) is 14.4. The Morgan fingerprint density at radius 2 is 1.67 bits per heavy atom. The van der Waals surface area contributed by atoms with Crippen LogP contribution in [0, 0.1) is 17.3 Å². The van der Waals surface area contributed by atoms with E-state index < -0.39 is 23.4 Å². The maximum absolute atomic E-state index is 14.4. The van der Waals surface area contributed by atoms with Crippen LogP contribution in [0.1, 0.15) is 48.9 Å². The van der Waals surface area contributed by atoms with Crippen LogP contribution >= 0.6 is 0 Å². The average Bonchev–Trinajstić information content (AvgIpc) is 3.81. The van der Waals surface area contributed by atoms with Gasteiger partial charge in [0.15, 0.2) is 23.0 Å². The zero-order valence-corrected chi connectivity index (χ0v) is 29.7. The molecule has 0 saturated carbocycles. The highest BCUT2D eigenvalue weighted by molar-refractivity contribution is 6.08. The number of nitrogens with zero attached hydrogens (tertiary/aromatic N) is 1. The summed E-state index contributed by atoms with van der Waals surface area (Å²) in [4.78, 5) is 33.0. The second-order valence-corrected chi connectivity index (χ2v) is 13.6. The van der Waals surface area contributed by atoms with Crippen LogP contribution < -0.4 is 34.3 Å². The predicted molar refractivity (Wildman–Crippen MR) is 187 cm³/mol. The number of hydrogen-bond donors (Lipinski definition) is 3. The summed E-state index contributed by atoms with van der Waals surface area (Å²) in [5.74, 6) is 0.940. The van der Waals surface area contributed by atoms with Gasteiger partial charge in [-0.05, 0) is 80.3 Å². The van der Waals surface area contributed by atoms with Crippen LogP contribution in [-0.2, 0) is 25.6 Å². The summed E-state index contributed by atoms with van der Waals surface area (Å²) in [6.07, 6.45) is 0.242. The zero-order chi connectivity index (χ0) is 36.3. The van der Waals surface area contributed by atoms with Crippen LogP contribution in [0.5, 0.6) is 34.5 Å². The second-order valence-electron chi connectivity index (χ2n) is 13.6. The molecule has 1 aliphatic carbocycles. The van der Waals surface area contributed by atoms with E-state index >= 15 is 0 Å². The molecule has 6 rings (SSSR count). The molecule has 2 heterocycles. The molecule has 0 fully saturated rings. The van der Waals surface area contributed by atoms with Gasteiger partial charge in [-0.15, -0.1) is 0 Å². The summed E-state index contributed by atoms with van der Waals surface area (Å²) >= 11 is 0. The number of fused-ring (bicyclic) bond motifs is 4. The normalized spacial score (nSPS) is 19.2. The smallest absolute Gasteiger partial charge is 0.231 e. The second kappa shape index (κ2) is 15.0. The van der Waals surface area contributed by atoms with E-state index in [1.165, 1.54) is 0 Å². The minimum Gasteiger partial charge on any atom is -0.508 e. The lowest BCUT2D eigenvalue weighted by atomic mass is 9.65. The van der Waals surface area contributed by atoms with E-state index in [1.807, 2.05) is 57.2 Å². The highest BCUT2D eigenvalue weighted by Crippen LogP contribution is 2.52. The molecule has 13 heteroatoms. The fraction of sp³-hybridized carbons (Fsp3) is 0.447. The van der Waals surface area contributed by atoms with Crippen molar-refractivity contribution in [2.24, 2.45) is 22.4 Å². The van der Waals surface area contributed by atoms with Crippen molar-refractivity contribution < 1.29 is 48.0 Å². The minimum atomic E-state index is -0.809. The SMILES string of the molecule is COc1cc(C2c3cc4c(cc3C3=NOCC3C2C(=O)NCC(C)OCC(C)(C)C(=O)NCCc2ccc(O)cc2)OCO4)cc(OC)c1OC. The van der Waals surface area contributed by atoms with Gasteiger partial charge in [0.1, 0.15) is 12.4 Å². The number of rotatable bonds is 14. The molecule has 0 spiro atoms. The minimum absolute atomic E-state index is 0.0968. The lowest BCUT2D eigenvalue weighted by Crippen LogP contribution is -2.47. The fourth-order valence-electron chi connectivity index (χ4n) is 6.78. The first-order chi connectivity index (χ1) is 24.5. The number of ether oxygens (including phenoxy) is 6. The highest BCUT2D eigenvalue weighted by atomic mass is 16.7. The standard InChI is InChI=1S/C38H45N3O10/c1-21(48-19-38(2,3)37(44)39-12-11-22-7-9-24(42)10-8-22)17-40-36(43)33-27-18-51-41-34(27)26-16-29-28(49-20-50-29)15-25(26)32(33)23-13-30(45-4)35(47-6)31(14-23)46-5/h7-10,13-16,21,27,32-33,42H,11-12,17-20H2,1-6H3,(H,39,44)(H,40,43). The predicted octanol–water partition coefficient (Wildman–Crippen LogP) is 4.17. The number of aromatic hydroxyl groups is 1. The first kappa shape index (κ1) is 35.6. The molecular formula is C38H45N3O10. The molecule has 3 aromatic carbocycles. The highest BCUT2D eigenvalue weighted by Gasteiger charge is 2.49. The molecule has 3 N–H and O–H groups in total. The Hall–Kier alpha value is -5.17. The van der Waals surface area contributed by atoms with Crippen molar-refractivity contribution in [1.82, 2.24) is 10.6 Å². The molecular weight excluding hydrogens is 658 g/mol. The van der Waals surface area contributed by atoms with Gasteiger partial charge in [0.05, 0.1) is 57.0 Å². The molecule has 0 bridgehead atoms. The van der Waals surface area contributed by atoms with Crippen molar-refractivity contribution in [3.8, 4) is 34.5 Å². The Morgan fingerprint density at radius 3 is 2.33 bits per heavy atom. The summed E-state index contributed by atoms with van der Waals surface area (Å²) in [6.45, 7) is 6.64. The van der Waals surface area contributed by atoms with E-state index in [4.69, 9.17) is 33.3 Å². The summed E-state index contributed by atoms with van der Waals surface area (Å²) in [7, 11) is 4.65. The van der Waals surface area contributed by atoms with E-state index in [0.717, 1.165) is 22.3 Å². The van der Waals surface area contributed by atoms with Crippen molar-refractivity contribution >= 4 is 17.5 Å². The van der Waals surface area contributed by atoms with Crippen LogP contribution in [0.2, 0.25) is 0 Å². The van der Waals surface area contributed by atoms with Crippen LogP contribution in [0.3, 0.4) is 0 Å². The lowest BCUT2D eigenvalue weighted by molar-refractivity contribution is -0.134. The number of carbonyl (C=O) groups excluding carboxylic acids is 2. The maximum Gasteiger partial charge on any atom is 0.231 e. The molecule has 3 aromatic rings. The quantitative estimate of drug-likeness (QED) is 0.223. The van der Waals surface area contributed by atoms with Crippen molar-refractivity contribution in [3.63, 3.8) is 0 Å². The molecule has 3 aliphatic rings. The molecule has 51 heavy (non-hydrogen) atoms. The number of hydrogen-bond acceptors (Lipinski definition) is 11. The Morgan fingerprint density at radius 1 is 0.980 bits per heavy atom. The molecule has 0 aromatic heterocycles. The van der Waals surface area contributed by atoms with Crippen molar-refractivity contribution in [3.05, 3.63) is 70.8 Å². The number of phenolic OH excluding ortho intramolecular Hbond substituents is 1. The average molecular weight is 704 g/mol. The van der Waals surface area contributed by atoms with Gasteiger partial charge in [-0.2, -0.15) is 0 Å². The Bertz CT molecular complexity index is 1770. The van der Waals surface area contributed by atoms with E-state index in [9.17, 15) is 14.7 Å². The van der Waals surface area contributed by atoms with Gasteiger partial charge in [-0.25, -0.2) is 0 Å². The zero-order valence-electron chi connectivity index (χ0n) is 29.7. The number of nitrogens with one attached hydrogen (secondary N) is 2.